The van der Waals surface area contributed by atoms with Crippen LogP contribution in [0.25, 0.3) is 17.0 Å². The van der Waals surface area contributed by atoms with Crippen LogP contribution in [-0.2, 0) is 5.75 Å². The molecule has 0 aliphatic rings. The Kier molecular flexibility index (Phi) is 3.90. The van der Waals surface area contributed by atoms with Crippen molar-refractivity contribution in [2.24, 2.45) is 0 Å². The summed E-state index contributed by atoms with van der Waals surface area (Å²) in [5.41, 5.74) is 1.67. The number of hydrogen-bond donors (Lipinski definition) is 0. The van der Waals surface area contributed by atoms with Gasteiger partial charge in [-0.1, -0.05) is 17.8 Å². The van der Waals surface area contributed by atoms with Gasteiger partial charge in [0, 0.05) is 23.9 Å². The molecule has 25 heavy (non-hydrogen) atoms. The maximum Gasteiger partial charge on any atom is 0.269 e. The molecule has 0 atom stereocenters. The second kappa shape index (κ2) is 6.36. The third kappa shape index (κ3) is 3.09. The zero-order valence-corrected chi connectivity index (χ0v) is 13.6. The lowest BCUT2D eigenvalue weighted by Gasteiger charge is -1.98. The molecule has 0 N–H and O–H groups in total. The highest BCUT2D eigenvalue weighted by Gasteiger charge is 2.12. The predicted molar refractivity (Wildman–Crippen MR) is 91.1 cm³/mol. The molecule has 0 radical (unpaired) electrons. The second-order valence-corrected chi connectivity index (χ2v) is 6.07. The highest BCUT2D eigenvalue weighted by Crippen LogP contribution is 2.25. The van der Waals surface area contributed by atoms with Crippen LogP contribution in [0.15, 0.2) is 64.4 Å². The lowest BCUT2D eigenvalue weighted by molar-refractivity contribution is -0.384. The van der Waals surface area contributed by atoms with E-state index >= 15 is 0 Å². The van der Waals surface area contributed by atoms with Crippen LogP contribution in [0.2, 0.25) is 0 Å². The molecular formula is C16H11N5O3S. The van der Waals surface area contributed by atoms with Gasteiger partial charge >= 0.3 is 0 Å². The van der Waals surface area contributed by atoms with E-state index in [0.717, 1.165) is 10.7 Å². The number of benzene rings is 1. The quantitative estimate of drug-likeness (QED) is 0.307. The third-order valence-electron chi connectivity index (χ3n) is 3.52. The Hall–Kier alpha value is -3.20. The van der Waals surface area contributed by atoms with Gasteiger partial charge in [0.05, 0.1) is 22.4 Å². The van der Waals surface area contributed by atoms with E-state index in [0.29, 0.717) is 23.1 Å². The fourth-order valence-electron chi connectivity index (χ4n) is 2.31. The van der Waals surface area contributed by atoms with Crippen LogP contribution in [0.4, 0.5) is 5.69 Å². The molecule has 124 valence electrons. The molecule has 9 heteroatoms. The molecule has 0 bridgehead atoms. The Morgan fingerprint density at radius 2 is 2.00 bits per heavy atom. The minimum Gasteiger partial charge on any atom is -0.420 e. The van der Waals surface area contributed by atoms with Gasteiger partial charge in [0.1, 0.15) is 0 Å². The predicted octanol–water partition coefficient (Wildman–Crippen LogP) is 3.58. The average Bonchev–Trinajstić information content (AvgIpc) is 3.27. The molecule has 3 heterocycles. The molecule has 0 unspecified atom stereocenters. The van der Waals surface area contributed by atoms with E-state index in [1.54, 1.807) is 18.3 Å². The molecule has 0 aliphatic carbocycles. The fraction of sp³-hybridized carbons (Fsp3) is 0.0625. The number of rotatable bonds is 5. The first-order valence-electron chi connectivity index (χ1n) is 7.33. The number of nitro groups is 1. The van der Waals surface area contributed by atoms with Gasteiger partial charge < -0.3 is 4.42 Å². The van der Waals surface area contributed by atoms with Crippen molar-refractivity contribution in [3.05, 3.63) is 70.9 Å². The van der Waals surface area contributed by atoms with E-state index in [9.17, 15) is 10.1 Å². The van der Waals surface area contributed by atoms with Gasteiger partial charge in [-0.3, -0.25) is 14.5 Å². The monoisotopic (exact) mass is 353 g/mol. The number of pyridine rings is 1. The summed E-state index contributed by atoms with van der Waals surface area (Å²) >= 11 is 1.49. The van der Waals surface area contributed by atoms with Crippen molar-refractivity contribution in [1.29, 1.82) is 0 Å². The van der Waals surface area contributed by atoms with Crippen LogP contribution in [0.5, 0.6) is 0 Å². The SMILES string of the molecule is O=[N+]([O-])c1ccc(-c2nnc(CSc3ncc4ccccn34)o2)cc1. The normalized spacial score (nSPS) is 11.0. The minimum atomic E-state index is -0.450. The number of aromatic nitrogens is 4. The van der Waals surface area contributed by atoms with Gasteiger partial charge in [-0.25, -0.2) is 4.98 Å². The van der Waals surface area contributed by atoms with Gasteiger partial charge in [0.15, 0.2) is 5.16 Å². The largest absolute Gasteiger partial charge is 0.420 e. The summed E-state index contributed by atoms with van der Waals surface area (Å²) < 4.78 is 7.61. The van der Waals surface area contributed by atoms with Crippen LogP contribution >= 0.6 is 11.8 Å². The first-order valence-corrected chi connectivity index (χ1v) is 8.31. The average molecular weight is 353 g/mol. The lowest BCUT2D eigenvalue weighted by Crippen LogP contribution is -1.87. The molecule has 3 aromatic heterocycles. The molecular weight excluding hydrogens is 342 g/mol. The van der Waals surface area contributed by atoms with E-state index < -0.39 is 4.92 Å². The number of non-ortho nitro benzene ring substituents is 1. The number of hydrogen-bond acceptors (Lipinski definition) is 7. The molecule has 4 rings (SSSR count). The Morgan fingerprint density at radius 3 is 2.80 bits per heavy atom. The molecule has 0 saturated carbocycles. The third-order valence-corrected chi connectivity index (χ3v) is 4.47. The summed E-state index contributed by atoms with van der Waals surface area (Å²) in [7, 11) is 0. The van der Waals surface area contributed by atoms with Gasteiger partial charge in [0.25, 0.3) is 5.69 Å². The van der Waals surface area contributed by atoms with Crippen LogP contribution in [0.1, 0.15) is 5.89 Å². The van der Waals surface area contributed by atoms with Crippen molar-refractivity contribution in [3.63, 3.8) is 0 Å². The van der Waals surface area contributed by atoms with Crippen LogP contribution in [0, 0.1) is 10.1 Å². The summed E-state index contributed by atoms with van der Waals surface area (Å²) in [6.45, 7) is 0. The lowest BCUT2D eigenvalue weighted by atomic mass is 10.2. The molecule has 0 saturated heterocycles. The Balaban J connectivity index is 1.49. The summed E-state index contributed by atoms with van der Waals surface area (Å²) in [6, 6.07) is 11.9. The maximum absolute atomic E-state index is 10.7. The Labute approximate surface area is 145 Å². The van der Waals surface area contributed by atoms with Crippen molar-refractivity contribution in [2.45, 2.75) is 10.9 Å². The zero-order chi connectivity index (χ0) is 17.2. The number of nitro benzene ring substituents is 1. The Bertz CT molecular complexity index is 1040. The van der Waals surface area contributed by atoms with Crippen LogP contribution in [0.3, 0.4) is 0 Å². The highest BCUT2D eigenvalue weighted by atomic mass is 32.2. The van der Waals surface area contributed by atoms with Gasteiger partial charge in [-0.15, -0.1) is 10.2 Å². The minimum absolute atomic E-state index is 0.0187. The van der Waals surface area contributed by atoms with Crippen molar-refractivity contribution < 1.29 is 9.34 Å². The van der Waals surface area contributed by atoms with Crippen molar-refractivity contribution in [3.8, 4) is 11.5 Å². The molecule has 0 fully saturated rings. The Morgan fingerprint density at radius 1 is 1.16 bits per heavy atom. The van der Waals surface area contributed by atoms with E-state index in [4.69, 9.17) is 4.42 Å². The smallest absolute Gasteiger partial charge is 0.269 e. The summed E-state index contributed by atoms with van der Waals surface area (Å²) in [5, 5.41) is 19.5. The highest BCUT2D eigenvalue weighted by molar-refractivity contribution is 7.98. The van der Waals surface area contributed by atoms with Crippen molar-refractivity contribution in [2.75, 3.05) is 0 Å². The maximum atomic E-state index is 10.7. The van der Waals surface area contributed by atoms with Gasteiger partial charge in [-0.2, -0.15) is 0 Å². The molecule has 0 aliphatic heterocycles. The van der Waals surface area contributed by atoms with Crippen LogP contribution < -0.4 is 0 Å². The molecule has 0 spiro atoms. The number of imidazole rings is 1. The van der Waals surface area contributed by atoms with Crippen molar-refractivity contribution in [1.82, 2.24) is 19.6 Å². The fourth-order valence-corrected chi connectivity index (χ4v) is 3.11. The zero-order valence-electron chi connectivity index (χ0n) is 12.8. The molecule has 4 aromatic rings. The van der Waals surface area contributed by atoms with Gasteiger partial charge in [0.2, 0.25) is 11.8 Å². The van der Waals surface area contributed by atoms with Crippen molar-refractivity contribution >= 4 is 23.0 Å². The molecule has 0 amide bonds. The number of fused-ring (bicyclic) bond motifs is 1. The van der Waals surface area contributed by atoms with E-state index in [1.165, 1.54) is 23.9 Å². The number of nitrogens with zero attached hydrogens (tertiary/aromatic N) is 5. The molecule has 8 nitrogen and oxygen atoms in total. The molecule has 1 aromatic carbocycles. The standard InChI is InChI=1S/C16H11N5O3S/c22-21(23)12-6-4-11(5-7-12)15-19-18-14(24-15)10-25-16-17-9-13-3-1-2-8-20(13)16/h1-9H,10H2. The first-order chi connectivity index (χ1) is 12.2. The van der Waals surface area contributed by atoms with E-state index in [2.05, 4.69) is 15.2 Å². The van der Waals surface area contributed by atoms with Crippen LogP contribution in [-0.4, -0.2) is 24.5 Å². The summed E-state index contributed by atoms with van der Waals surface area (Å²) in [6.07, 6.45) is 3.75. The first kappa shape index (κ1) is 15.3. The van der Waals surface area contributed by atoms with E-state index in [-0.39, 0.29) is 5.69 Å². The second-order valence-electron chi connectivity index (χ2n) is 5.13. The number of thioether (sulfide) groups is 1. The topological polar surface area (TPSA) is 99.4 Å². The summed E-state index contributed by atoms with van der Waals surface area (Å²) in [5.74, 6) is 1.28. The summed E-state index contributed by atoms with van der Waals surface area (Å²) in [4.78, 5) is 14.6. The van der Waals surface area contributed by atoms with E-state index in [1.807, 2.05) is 28.8 Å². The van der Waals surface area contributed by atoms with Gasteiger partial charge in [-0.05, 0) is 24.3 Å².